The molecule has 79 heavy (non-hydrogen) atoms. The highest BCUT2D eigenvalue weighted by molar-refractivity contribution is 7.60. The number of carbonyl (C=O) groups is 5. The Balaban J connectivity index is 0.00000328. The van der Waals surface area contributed by atoms with Crippen molar-refractivity contribution in [1.29, 1.82) is 0 Å². The fraction of sp³-hybridized carbons (Fsp3) is 0.585. The van der Waals surface area contributed by atoms with Gasteiger partial charge in [-0.15, -0.1) is 10.2 Å². The smallest absolute Gasteiger partial charge is 0.406 e. The Morgan fingerprint density at radius 1 is 0.987 bits per heavy atom. The van der Waals surface area contributed by atoms with Crippen molar-refractivity contribution in [3.05, 3.63) is 53.7 Å². The van der Waals surface area contributed by atoms with Crippen molar-refractivity contribution in [3.8, 4) is 34.6 Å². The third-order valence-electron chi connectivity index (χ3n) is 14.7. The lowest BCUT2D eigenvalue weighted by Gasteiger charge is -2.41. The van der Waals surface area contributed by atoms with Gasteiger partial charge >= 0.3 is 12.1 Å². The van der Waals surface area contributed by atoms with Crippen LogP contribution in [0.1, 0.15) is 97.4 Å². The number of nitrogens with one attached hydrogen (secondary N) is 2. The summed E-state index contributed by atoms with van der Waals surface area (Å²) in [6, 6.07) is 4.84. The second kappa shape index (κ2) is 27.9. The highest BCUT2D eigenvalue weighted by Gasteiger charge is 2.42. The number of carbonyl (C=O) groups excluding carboxylic acids is 5. The minimum Gasteiger partial charge on any atom is -0.464 e. The normalized spacial score (nSPS) is 20.2. The first-order valence-corrected chi connectivity index (χ1v) is 25.4. The molecule has 1 aromatic carbocycles. The molecule has 4 amide bonds. The zero-order valence-corrected chi connectivity index (χ0v) is 51.1. The predicted molar refractivity (Wildman–Crippen MR) is 318 cm³/mol. The molecule has 5 atom stereocenters. The van der Waals surface area contributed by atoms with E-state index in [0.717, 1.165) is 19.5 Å². The summed E-state index contributed by atoms with van der Waals surface area (Å²) >= 11 is 0. The number of aromatic nitrogens is 4. The van der Waals surface area contributed by atoms with Gasteiger partial charge in [-0.25, -0.2) is 5.43 Å². The maximum atomic E-state index is 14.7. The number of fused-ring (bicyclic) bond motifs is 6. The van der Waals surface area contributed by atoms with Crippen LogP contribution in [-0.2, 0) is 52.8 Å². The first-order chi connectivity index (χ1) is 34.9. The molecule has 3 aromatic heterocycles. The number of likely N-dealkylation sites (N-methyl/N-ethyl adjacent to an activating group) is 1. The van der Waals surface area contributed by atoms with Crippen LogP contribution in [0.25, 0.3) is 33.6 Å². The van der Waals surface area contributed by atoms with Gasteiger partial charge in [0.05, 0.1) is 42.0 Å². The molecule has 8 rings (SSSR count). The fourth-order valence-corrected chi connectivity index (χ4v) is 10.5. The molecule has 0 spiro atoms. The zero-order chi connectivity index (χ0) is 53.4. The molecule has 0 saturated carbocycles. The Morgan fingerprint density at radius 2 is 1.70 bits per heavy atom. The van der Waals surface area contributed by atoms with Crippen LogP contribution in [0.3, 0.4) is 0 Å². The third-order valence-corrected chi connectivity index (χ3v) is 14.7. The average molecular weight is 1200 g/mol. The lowest BCUT2D eigenvalue weighted by molar-refractivity contribution is -0.155. The van der Waals surface area contributed by atoms with E-state index in [0.29, 0.717) is 53.6 Å². The Hall–Kier alpha value is -4.62. The van der Waals surface area contributed by atoms with E-state index < -0.39 is 77.5 Å². The summed E-state index contributed by atoms with van der Waals surface area (Å²) in [7, 11) is 3.03. The number of pyridine rings is 1. The monoisotopic (exact) mass is 1200 g/mol. The van der Waals surface area contributed by atoms with E-state index in [4.69, 9.17) is 13.9 Å². The summed E-state index contributed by atoms with van der Waals surface area (Å²) in [5.41, 5.74) is 4.03. The van der Waals surface area contributed by atoms with E-state index in [1.807, 2.05) is 27.7 Å². The van der Waals surface area contributed by atoms with Crippen LogP contribution in [-0.4, -0.2) is 152 Å². The molecule has 3 saturated heterocycles. The van der Waals surface area contributed by atoms with Crippen LogP contribution in [0.4, 0.5) is 13.2 Å². The maximum absolute atomic E-state index is 14.7. The van der Waals surface area contributed by atoms with Crippen LogP contribution in [0.2, 0.25) is 0 Å². The van der Waals surface area contributed by atoms with Gasteiger partial charge in [0, 0.05) is 80.5 Å². The van der Waals surface area contributed by atoms with Gasteiger partial charge in [0.1, 0.15) is 24.7 Å². The van der Waals surface area contributed by atoms with Gasteiger partial charge < -0.3 is 33.6 Å². The quantitative estimate of drug-likeness (QED) is 0.138. The first kappa shape index (κ1) is 68.7. The molecule has 26 heteroatoms. The third kappa shape index (κ3) is 15.5. The lowest BCUT2D eigenvalue weighted by Crippen LogP contribution is -2.62. The van der Waals surface area contributed by atoms with Crippen LogP contribution < -0.4 is 10.7 Å². The van der Waals surface area contributed by atoms with Gasteiger partial charge in [-0.2, -0.15) is 80.6 Å². The molecule has 438 valence electrons. The van der Waals surface area contributed by atoms with Crippen LogP contribution in [0, 0.1) is 29.1 Å². The van der Waals surface area contributed by atoms with Crippen LogP contribution in [0.15, 0.2) is 40.9 Å². The molecular formula is C53H77F3N10O8S5. The number of cyclic esters (lactones) is 1. The van der Waals surface area contributed by atoms with Crippen molar-refractivity contribution in [3.63, 3.8) is 0 Å². The molecule has 7 heterocycles. The Morgan fingerprint density at radius 3 is 2.34 bits per heavy atom. The van der Waals surface area contributed by atoms with E-state index in [1.165, 1.54) is 28.6 Å². The minimum absolute atomic E-state index is 0. The second-order valence-corrected chi connectivity index (χ2v) is 21.6. The highest BCUT2D eigenvalue weighted by Crippen LogP contribution is 2.43. The fourth-order valence-electron chi connectivity index (χ4n) is 10.5. The molecular weight excluding hydrogens is 1120 g/mol. The summed E-state index contributed by atoms with van der Waals surface area (Å²) in [5.74, 6) is 2.25. The van der Waals surface area contributed by atoms with Crippen molar-refractivity contribution in [2.45, 2.75) is 129 Å². The molecule has 18 nitrogen and oxygen atoms in total. The number of esters is 1. The summed E-state index contributed by atoms with van der Waals surface area (Å²) in [5, 5.41) is 13.2. The number of nitrogens with zero attached hydrogens (tertiary/aromatic N) is 8. The SMILES string of the molecule is CO[C@@H](C)c1ncccc1-c1c2c3cc(ccc3n1CC(F)(F)F)-c1nnc(o1)C[C@H](NC(=O)[C@H](C(C)C)N(C)C(=O)[C@H]1CCN(C(=O)C#CC(C)(C)N3CCC3)C1)C(=O)N1CCC[C@H](N1)C(=O)OCC(C)(C)C2.S.S.S.S.S. The molecule has 0 unspecified atom stereocenters. The van der Waals surface area contributed by atoms with Crippen molar-refractivity contribution >= 4 is 108 Å². The van der Waals surface area contributed by atoms with Crippen LogP contribution in [0.5, 0.6) is 0 Å². The molecule has 4 aliphatic heterocycles. The number of hydrogen-bond acceptors (Lipinski definition) is 13. The standard InChI is InChI=1S/C53H67F3N10O8.5H2S/c1-31(2)44(62(8)48(69)34-18-24-63(28-34)42(67)17-19-52(6,7)64-21-12-22-64)46(68)58-39-26-41-59-60-47(74-41)33-15-16-40-36(25-33)37(27-51(4,5)30-73-50(71)38-14-11-23-66(61-38)49(39)70)45(65(40)29-53(54,55)56)35-13-10-20-57-43(35)32(3)72-9;;;;;/h10,13,15-16,20,25,31-32,34,38-39,44,61H,11-12,14,18,21-24,26-30H2,1-9H3,(H,58,68);5*1H2/t32-,34-,38-,39-,44-;;;;;/m0...../s1. The van der Waals surface area contributed by atoms with Crippen molar-refractivity contribution in [2.24, 2.45) is 17.3 Å². The summed E-state index contributed by atoms with van der Waals surface area (Å²) in [6.07, 6.45) is -1.62. The van der Waals surface area contributed by atoms with Crippen molar-refractivity contribution in [2.75, 3.05) is 53.5 Å². The average Bonchev–Trinajstić information content (AvgIpc) is 4.09. The summed E-state index contributed by atoms with van der Waals surface area (Å²) < 4.78 is 63.1. The number of benzene rings is 1. The largest absolute Gasteiger partial charge is 0.464 e. The Bertz CT molecular complexity index is 2870. The van der Waals surface area contributed by atoms with E-state index in [1.54, 1.807) is 62.2 Å². The molecule has 4 aromatic rings. The predicted octanol–water partition coefficient (Wildman–Crippen LogP) is 6.05. The number of amides is 4. The molecule has 6 bridgehead atoms. The van der Waals surface area contributed by atoms with E-state index in [-0.39, 0.29) is 135 Å². The summed E-state index contributed by atoms with van der Waals surface area (Å²) in [6.45, 7) is 14.0. The molecule has 4 aliphatic rings. The van der Waals surface area contributed by atoms with E-state index in [2.05, 4.69) is 42.7 Å². The highest BCUT2D eigenvalue weighted by atomic mass is 32.1. The number of ether oxygens (including phenoxy) is 2. The maximum Gasteiger partial charge on any atom is 0.406 e. The Kier molecular flexibility index (Phi) is 24.2. The molecule has 0 radical (unpaired) electrons. The van der Waals surface area contributed by atoms with E-state index in [9.17, 15) is 37.1 Å². The number of methoxy groups -OCH3 is 1. The van der Waals surface area contributed by atoms with Crippen molar-refractivity contribution < 1.29 is 51.0 Å². The zero-order valence-electron chi connectivity index (χ0n) is 46.1. The summed E-state index contributed by atoms with van der Waals surface area (Å²) in [4.78, 5) is 80.2. The van der Waals surface area contributed by atoms with Gasteiger partial charge in [0.15, 0.2) is 0 Å². The molecule has 0 aliphatic carbocycles. The van der Waals surface area contributed by atoms with E-state index >= 15 is 0 Å². The number of likely N-dealkylation sites (tertiary alicyclic amines) is 2. The van der Waals surface area contributed by atoms with Crippen molar-refractivity contribution in [1.82, 2.24) is 50.2 Å². The lowest BCUT2D eigenvalue weighted by atomic mass is 9.84. The van der Waals surface area contributed by atoms with Gasteiger partial charge in [-0.1, -0.05) is 33.6 Å². The first-order valence-electron chi connectivity index (χ1n) is 25.4. The van der Waals surface area contributed by atoms with Gasteiger partial charge in [0.2, 0.25) is 23.6 Å². The second-order valence-electron chi connectivity index (χ2n) is 21.6. The van der Waals surface area contributed by atoms with Crippen LogP contribution >= 0.6 is 67.5 Å². The number of hydrazine groups is 1. The number of halogens is 3. The minimum atomic E-state index is -4.63. The van der Waals surface area contributed by atoms with Gasteiger partial charge in [-0.3, -0.25) is 38.9 Å². The number of hydrogen-bond donors (Lipinski definition) is 2. The van der Waals surface area contributed by atoms with Gasteiger partial charge in [0.25, 0.3) is 11.8 Å². The number of alkyl halides is 3. The molecule has 3 fully saturated rings. The Labute approximate surface area is 495 Å². The van der Waals surface area contributed by atoms with Gasteiger partial charge in [-0.05, 0) is 101 Å². The topological polar surface area (TPSA) is 198 Å². The molecule has 2 N–H and O–H groups in total. The number of rotatable bonds is 10.